The molecule has 2 rings (SSSR count). The van der Waals surface area contributed by atoms with Crippen molar-refractivity contribution in [2.24, 2.45) is 0 Å². The third-order valence-electron chi connectivity index (χ3n) is 3.28. The van der Waals surface area contributed by atoms with Crippen LogP contribution in [0, 0.1) is 22.7 Å². The third kappa shape index (κ3) is 2.68. The van der Waals surface area contributed by atoms with Crippen LogP contribution in [0.15, 0.2) is 18.2 Å². The maximum atomic E-state index is 9.50. The molecule has 2 N–H and O–H groups in total. The summed E-state index contributed by atoms with van der Waals surface area (Å²) in [5.74, 6) is 1.03. The number of nitrogens with two attached hydrogens (primary N) is 1. The number of aromatic nitrogens is 1. The molecule has 1 aromatic carbocycles. The van der Waals surface area contributed by atoms with Crippen molar-refractivity contribution in [1.82, 2.24) is 4.98 Å². The summed E-state index contributed by atoms with van der Waals surface area (Å²) in [4.78, 5) is 3.96. The van der Waals surface area contributed by atoms with E-state index in [0.717, 1.165) is 0 Å². The van der Waals surface area contributed by atoms with E-state index in [9.17, 15) is 10.5 Å². The summed E-state index contributed by atoms with van der Waals surface area (Å²) in [6.45, 7) is 0. The monoisotopic (exact) mass is 310 g/mol. The molecule has 0 aliphatic carbocycles. The molecule has 0 saturated heterocycles. The Balaban J connectivity index is 2.95. The topological polar surface area (TPSA) is 114 Å². The average Bonchev–Trinajstić information content (AvgIpc) is 2.59. The highest BCUT2D eigenvalue weighted by Crippen LogP contribution is 2.41. The maximum Gasteiger partial charge on any atom is 0.234 e. The molecular weight excluding hydrogens is 296 g/mol. The number of benzene rings is 1. The molecule has 0 saturated carbocycles. The van der Waals surface area contributed by atoms with Gasteiger partial charge in [-0.2, -0.15) is 15.5 Å². The molecule has 2 aromatic rings. The van der Waals surface area contributed by atoms with Crippen molar-refractivity contribution in [3.8, 4) is 40.6 Å². The predicted octanol–water partition coefficient (Wildman–Crippen LogP) is 2.10. The van der Waals surface area contributed by atoms with Crippen molar-refractivity contribution in [1.29, 1.82) is 10.5 Å². The molecule has 0 aliphatic rings. The summed E-state index contributed by atoms with van der Waals surface area (Å²) >= 11 is 0. The minimum Gasteiger partial charge on any atom is -0.497 e. The Labute approximate surface area is 133 Å². The minimum atomic E-state index is -0.0248. The van der Waals surface area contributed by atoms with Crippen molar-refractivity contribution in [2.45, 2.75) is 0 Å². The van der Waals surface area contributed by atoms with Gasteiger partial charge in [0.05, 0.1) is 21.3 Å². The second-order valence-corrected chi connectivity index (χ2v) is 4.42. The van der Waals surface area contributed by atoms with E-state index in [2.05, 4.69) is 4.98 Å². The van der Waals surface area contributed by atoms with E-state index in [0.29, 0.717) is 22.6 Å². The van der Waals surface area contributed by atoms with Crippen LogP contribution in [0.3, 0.4) is 0 Å². The highest BCUT2D eigenvalue weighted by molar-refractivity contribution is 5.86. The molecule has 0 spiro atoms. The first-order valence-corrected chi connectivity index (χ1v) is 6.51. The minimum absolute atomic E-state index is 0.0248. The molecule has 0 atom stereocenters. The number of anilines is 1. The fourth-order valence-corrected chi connectivity index (χ4v) is 2.22. The van der Waals surface area contributed by atoms with E-state index in [1.807, 2.05) is 12.1 Å². The zero-order valence-electron chi connectivity index (χ0n) is 12.9. The number of methoxy groups -OCH3 is 3. The van der Waals surface area contributed by atoms with Gasteiger partial charge >= 0.3 is 0 Å². The molecule has 23 heavy (non-hydrogen) atoms. The van der Waals surface area contributed by atoms with E-state index < -0.39 is 0 Å². The molecular formula is C16H14N4O3. The highest BCUT2D eigenvalue weighted by atomic mass is 16.5. The number of hydrogen-bond acceptors (Lipinski definition) is 7. The normalized spacial score (nSPS) is 9.61. The Bertz CT molecular complexity index is 835. The lowest BCUT2D eigenvalue weighted by Gasteiger charge is -2.15. The standard InChI is InChI=1S/C16H14N4O3/c1-21-9-4-5-13(22-2)10(6-9)14-11(7-17)15(19)20-16(23-3)12(14)8-18/h4-6H,1-3H3,(H2,19,20). The Morgan fingerprint density at radius 1 is 1.00 bits per heavy atom. The van der Waals surface area contributed by atoms with Gasteiger partial charge in [-0.1, -0.05) is 0 Å². The van der Waals surface area contributed by atoms with Crippen LogP contribution in [-0.2, 0) is 0 Å². The van der Waals surface area contributed by atoms with Crippen molar-refractivity contribution < 1.29 is 14.2 Å². The van der Waals surface area contributed by atoms with Crippen molar-refractivity contribution in [3.05, 3.63) is 29.3 Å². The zero-order valence-corrected chi connectivity index (χ0v) is 12.9. The average molecular weight is 310 g/mol. The van der Waals surface area contributed by atoms with Crippen LogP contribution in [0.25, 0.3) is 11.1 Å². The van der Waals surface area contributed by atoms with Crippen LogP contribution in [0.2, 0.25) is 0 Å². The summed E-state index contributed by atoms with van der Waals surface area (Å²) in [7, 11) is 4.38. The number of nitriles is 2. The van der Waals surface area contributed by atoms with Gasteiger partial charge < -0.3 is 19.9 Å². The quantitative estimate of drug-likeness (QED) is 0.919. The second-order valence-electron chi connectivity index (χ2n) is 4.42. The number of nitrogen functional groups attached to an aromatic ring is 1. The van der Waals surface area contributed by atoms with Crippen LogP contribution in [0.5, 0.6) is 17.4 Å². The van der Waals surface area contributed by atoms with Crippen LogP contribution in [0.1, 0.15) is 11.1 Å². The molecule has 0 amide bonds. The molecule has 0 radical (unpaired) electrons. The molecule has 1 aromatic heterocycles. The van der Waals surface area contributed by atoms with Crippen LogP contribution >= 0.6 is 0 Å². The van der Waals surface area contributed by atoms with Crippen LogP contribution in [0.4, 0.5) is 5.82 Å². The first-order chi connectivity index (χ1) is 11.1. The van der Waals surface area contributed by atoms with E-state index in [4.69, 9.17) is 19.9 Å². The van der Waals surface area contributed by atoms with E-state index in [1.165, 1.54) is 21.3 Å². The fourth-order valence-electron chi connectivity index (χ4n) is 2.22. The van der Waals surface area contributed by atoms with Gasteiger partial charge in [0, 0.05) is 11.1 Å². The molecule has 116 valence electrons. The van der Waals surface area contributed by atoms with Crippen LogP contribution in [-0.4, -0.2) is 26.3 Å². The van der Waals surface area contributed by atoms with Crippen molar-refractivity contribution in [3.63, 3.8) is 0 Å². The van der Waals surface area contributed by atoms with Crippen LogP contribution < -0.4 is 19.9 Å². The summed E-state index contributed by atoms with van der Waals surface area (Å²) in [5.41, 5.74) is 6.81. The molecule has 7 nitrogen and oxygen atoms in total. The summed E-state index contributed by atoms with van der Waals surface area (Å²) in [6, 6.07) is 9.05. The van der Waals surface area contributed by atoms with E-state index in [1.54, 1.807) is 18.2 Å². The number of ether oxygens (including phenoxy) is 3. The van der Waals surface area contributed by atoms with Crippen molar-refractivity contribution >= 4 is 5.82 Å². The van der Waals surface area contributed by atoms with Gasteiger partial charge in [0.15, 0.2) is 0 Å². The Morgan fingerprint density at radius 2 is 1.70 bits per heavy atom. The lowest BCUT2D eigenvalue weighted by molar-refractivity contribution is 0.397. The molecule has 0 bridgehead atoms. The molecule has 0 unspecified atom stereocenters. The first-order valence-electron chi connectivity index (χ1n) is 6.51. The van der Waals surface area contributed by atoms with Gasteiger partial charge in [-0.3, -0.25) is 0 Å². The molecule has 0 fully saturated rings. The number of nitrogens with zero attached hydrogens (tertiary/aromatic N) is 3. The van der Waals surface area contributed by atoms with E-state index in [-0.39, 0.29) is 22.8 Å². The number of hydrogen-bond donors (Lipinski definition) is 1. The number of pyridine rings is 1. The second kappa shape index (κ2) is 6.54. The van der Waals surface area contributed by atoms with Gasteiger partial charge in [-0.25, -0.2) is 0 Å². The van der Waals surface area contributed by atoms with Gasteiger partial charge in [-0.15, -0.1) is 0 Å². The molecule has 0 aliphatic heterocycles. The van der Waals surface area contributed by atoms with E-state index >= 15 is 0 Å². The van der Waals surface area contributed by atoms with Crippen molar-refractivity contribution in [2.75, 3.05) is 27.1 Å². The number of rotatable bonds is 4. The highest BCUT2D eigenvalue weighted by Gasteiger charge is 2.23. The van der Waals surface area contributed by atoms with Gasteiger partial charge in [-0.05, 0) is 18.2 Å². The third-order valence-corrected chi connectivity index (χ3v) is 3.28. The van der Waals surface area contributed by atoms with Gasteiger partial charge in [0.2, 0.25) is 5.88 Å². The molecule has 1 heterocycles. The lowest BCUT2D eigenvalue weighted by atomic mass is 9.95. The summed E-state index contributed by atoms with van der Waals surface area (Å²) in [5, 5.41) is 18.9. The largest absolute Gasteiger partial charge is 0.497 e. The lowest BCUT2D eigenvalue weighted by Crippen LogP contribution is -2.05. The summed E-state index contributed by atoms with van der Waals surface area (Å²) < 4.78 is 15.7. The predicted molar refractivity (Wildman–Crippen MR) is 83.2 cm³/mol. The smallest absolute Gasteiger partial charge is 0.234 e. The van der Waals surface area contributed by atoms with Gasteiger partial charge in [0.25, 0.3) is 0 Å². The fraction of sp³-hybridized carbons (Fsp3) is 0.188. The summed E-state index contributed by atoms with van der Waals surface area (Å²) in [6.07, 6.45) is 0. The Morgan fingerprint density at radius 3 is 2.22 bits per heavy atom. The zero-order chi connectivity index (χ0) is 17.0. The maximum absolute atomic E-state index is 9.50. The first kappa shape index (κ1) is 15.9. The van der Waals surface area contributed by atoms with Gasteiger partial charge in [0.1, 0.15) is 40.6 Å². The Kier molecular flexibility index (Phi) is 4.53. The Hall–Kier alpha value is -3.45. The SMILES string of the molecule is COc1ccc(OC)c(-c2c(C#N)c(N)nc(OC)c2C#N)c1. The molecule has 7 heteroatoms.